The van der Waals surface area contributed by atoms with Crippen molar-refractivity contribution in [3.63, 3.8) is 0 Å². The lowest BCUT2D eigenvalue weighted by Gasteiger charge is -2.37. The van der Waals surface area contributed by atoms with Crippen LogP contribution in [0.25, 0.3) is 10.8 Å². The molecule has 4 nitrogen and oxygen atoms in total. The molecule has 0 unspecified atom stereocenters. The van der Waals surface area contributed by atoms with Gasteiger partial charge < -0.3 is 9.26 Å². The summed E-state index contributed by atoms with van der Waals surface area (Å²) in [6.45, 7) is 8.11. The number of fused-ring (bicyclic) bond motifs is 1. The van der Waals surface area contributed by atoms with E-state index in [9.17, 15) is 4.79 Å². The molecule has 0 aliphatic rings. The highest BCUT2D eigenvalue weighted by molar-refractivity contribution is 8.12. The van der Waals surface area contributed by atoms with Crippen molar-refractivity contribution in [3.05, 3.63) is 78.4 Å². The molecule has 0 radical (unpaired) electrons. The standard InChI is InChI=1S/C24H28NO3PS/c1-18(23(26)27-17-19-11-6-5-7-12-19)25-29(30,24(2,3)4)28-22-16-10-14-20-13-8-9-15-21(20)22/h5-16,18H,17H2,1-4H3,(H,25,30)/t18-,29-/m1/s1. The number of ether oxygens (including phenoxy) is 1. The third kappa shape index (κ3) is 5.28. The molecule has 0 heterocycles. The van der Waals surface area contributed by atoms with Gasteiger partial charge in [0.1, 0.15) is 18.4 Å². The molecule has 1 N–H and O–H groups in total. The van der Waals surface area contributed by atoms with Crippen LogP contribution in [0, 0.1) is 0 Å². The molecule has 3 aromatic carbocycles. The van der Waals surface area contributed by atoms with E-state index in [4.69, 9.17) is 21.1 Å². The van der Waals surface area contributed by atoms with Crippen molar-refractivity contribution in [3.8, 4) is 5.75 Å². The summed E-state index contributed by atoms with van der Waals surface area (Å²) in [6, 6.07) is 23.0. The van der Waals surface area contributed by atoms with Gasteiger partial charge in [0, 0.05) is 10.5 Å². The highest BCUT2D eigenvalue weighted by atomic mass is 32.4. The fourth-order valence-corrected chi connectivity index (χ4v) is 5.41. The number of rotatable bonds is 7. The van der Waals surface area contributed by atoms with Crippen LogP contribution in [0.15, 0.2) is 72.8 Å². The first kappa shape index (κ1) is 22.5. The van der Waals surface area contributed by atoms with E-state index in [2.05, 4.69) is 5.09 Å². The van der Waals surface area contributed by atoms with Crippen molar-refractivity contribution >= 4 is 35.0 Å². The number of nitrogens with one attached hydrogen (secondary N) is 1. The summed E-state index contributed by atoms with van der Waals surface area (Å²) >= 11 is 6.03. The van der Waals surface area contributed by atoms with Crippen LogP contribution < -0.4 is 9.61 Å². The van der Waals surface area contributed by atoms with Gasteiger partial charge in [-0.15, -0.1) is 0 Å². The summed E-state index contributed by atoms with van der Waals surface area (Å²) in [5.74, 6) is 0.377. The van der Waals surface area contributed by atoms with Gasteiger partial charge in [-0.25, -0.2) is 5.09 Å². The van der Waals surface area contributed by atoms with Gasteiger partial charge in [0.2, 0.25) is 0 Å². The number of hydrogen-bond donors (Lipinski definition) is 1. The van der Waals surface area contributed by atoms with E-state index >= 15 is 0 Å². The molecular weight excluding hydrogens is 413 g/mol. The monoisotopic (exact) mass is 441 g/mol. The van der Waals surface area contributed by atoms with Gasteiger partial charge >= 0.3 is 5.97 Å². The molecule has 0 bridgehead atoms. The minimum atomic E-state index is -2.65. The van der Waals surface area contributed by atoms with Crippen LogP contribution >= 0.6 is 6.42 Å². The molecule has 0 aliphatic heterocycles. The third-order valence-corrected chi connectivity index (χ3v) is 9.93. The van der Waals surface area contributed by atoms with E-state index in [1.807, 2.05) is 93.6 Å². The molecule has 0 aliphatic carbocycles. The Morgan fingerprint density at radius 3 is 2.33 bits per heavy atom. The number of carbonyl (C=O) groups is 1. The van der Waals surface area contributed by atoms with Crippen LogP contribution in [-0.2, 0) is 27.9 Å². The average molecular weight is 442 g/mol. The van der Waals surface area contributed by atoms with Crippen LogP contribution in [0.3, 0.4) is 0 Å². The lowest BCUT2D eigenvalue weighted by atomic mass is 10.1. The molecule has 0 saturated heterocycles. The predicted octanol–water partition coefficient (Wildman–Crippen LogP) is 6.05. The summed E-state index contributed by atoms with van der Waals surface area (Å²) in [7, 11) is 0. The van der Waals surface area contributed by atoms with Crippen LogP contribution in [0.1, 0.15) is 33.3 Å². The lowest BCUT2D eigenvalue weighted by Crippen LogP contribution is -2.39. The predicted molar refractivity (Wildman–Crippen MR) is 127 cm³/mol. The molecule has 3 aromatic rings. The minimum Gasteiger partial charge on any atom is -0.460 e. The summed E-state index contributed by atoms with van der Waals surface area (Å²) in [4.78, 5) is 12.6. The molecule has 30 heavy (non-hydrogen) atoms. The molecule has 0 amide bonds. The minimum absolute atomic E-state index is 0.230. The molecule has 0 saturated carbocycles. The first-order valence-corrected chi connectivity index (χ1v) is 12.7. The fourth-order valence-electron chi connectivity index (χ4n) is 2.93. The Balaban J connectivity index is 1.78. The van der Waals surface area contributed by atoms with Crippen molar-refractivity contribution in [1.29, 1.82) is 0 Å². The third-order valence-electron chi connectivity index (χ3n) is 4.80. The van der Waals surface area contributed by atoms with Crippen LogP contribution in [0.4, 0.5) is 0 Å². The zero-order valence-electron chi connectivity index (χ0n) is 17.8. The Labute approximate surface area is 183 Å². The molecule has 0 aromatic heterocycles. The van der Waals surface area contributed by atoms with Gasteiger partial charge in [0.25, 0.3) is 0 Å². The van der Waals surface area contributed by atoms with E-state index in [1.54, 1.807) is 6.92 Å². The summed E-state index contributed by atoms with van der Waals surface area (Å²) in [5, 5.41) is 5.03. The Hall–Kier alpha value is -2.20. The Kier molecular flexibility index (Phi) is 6.97. The number of hydrogen-bond acceptors (Lipinski definition) is 4. The first-order valence-electron chi connectivity index (χ1n) is 9.95. The molecule has 0 spiro atoms. The largest absolute Gasteiger partial charge is 0.460 e. The number of carbonyl (C=O) groups excluding carboxylic acids is 1. The van der Waals surface area contributed by atoms with E-state index in [1.165, 1.54) is 0 Å². The summed E-state index contributed by atoms with van der Waals surface area (Å²) in [5.41, 5.74) is 0.945. The number of benzene rings is 3. The van der Waals surface area contributed by atoms with Crippen molar-refractivity contribution in [2.24, 2.45) is 0 Å². The van der Waals surface area contributed by atoms with Crippen molar-refractivity contribution < 1.29 is 14.1 Å². The van der Waals surface area contributed by atoms with E-state index in [0.717, 1.165) is 22.1 Å². The van der Waals surface area contributed by atoms with Gasteiger partial charge in [-0.3, -0.25) is 4.79 Å². The zero-order valence-corrected chi connectivity index (χ0v) is 19.5. The topological polar surface area (TPSA) is 47.6 Å². The van der Waals surface area contributed by atoms with E-state index in [0.29, 0.717) is 0 Å². The van der Waals surface area contributed by atoms with E-state index < -0.39 is 12.5 Å². The molecule has 2 atom stereocenters. The highest BCUT2D eigenvalue weighted by Gasteiger charge is 2.37. The van der Waals surface area contributed by atoms with Gasteiger partial charge in [0.15, 0.2) is 6.42 Å². The Morgan fingerprint density at radius 1 is 1.00 bits per heavy atom. The van der Waals surface area contributed by atoms with Gasteiger partial charge in [-0.1, -0.05) is 87.5 Å². The highest BCUT2D eigenvalue weighted by Crippen LogP contribution is 2.56. The first-order chi connectivity index (χ1) is 14.2. The molecule has 0 fully saturated rings. The van der Waals surface area contributed by atoms with Crippen molar-refractivity contribution in [2.45, 2.75) is 45.5 Å². The van der Waals surface area contributed by atoms with Gasteiger partial charge in [-0.05, 0) is 35.7 Å². The molecular formula is C24H28NO3PS. The molecule has 158 valence electrons. The zero-order chi connectivity index (χ0) is 21.8. The maximum absolute atomic E-state index is 12.6. The quantitative estimate of drug-likeness (QED) is 0.357. The second-order valence-electron chi connectivity index (χ2n) is 8.23. The maximum Gasteiger partial charge on any atom is 0.323 e. The van der Waals surface area contributed by atoms with Gasteiger partial charge in [0.05, 0.1) is 0 Å². The summed E-state index contributed by atoms with van der Waals surface area (Å²) in [6.07, 6.45) is -2.65. The smallest absolute Gasteiger partial charge is 0.323 e. The van der Waals surface area contributed by atoms with Crippen LogP contribution in [-0.4, -0.2) is 17.2 Å². The van der Waals surface area contributed by atoms with Gasteiger partial charge in [-0.2, -0.15) is 0 Å². The fraction of sp³-hybridized carbons (Fsp3) is 0.292. The number of esters is 1. The summed E-state index contributed by atoms with van der Waals surface area (Å²) < 4.78 is 12.0. The Bertz CT molecular complexity index is 1060. The van der Waals surface area contributed by atoms with Crippen molar-refractivity contribution in [1.82, 2.24) is 5.09 Å². The second-order valence-corrected chi connectivity index (χ2v) is 12.7. The lowest BCUT2D eigenvalue weighted by molar-refractivity contribution is -0.146. The Morgan fingerprint density at radius 2 is 1.63 bits per heavy atom. The molecule has 6 heteroatoms. The molecule has 3 rings (SSSR count). The normalized spacial score (nSPS) is 14.7. The van der Waals surface area contributed by atoms with Crippen LogP contribution in [0.2, 0.25) is 0 Å². The average Bonchev–Trinajstić information content (AvgIpc) is 2.72. The van der Waals surface area contributed by atoms with E-state index in [-0.39, 0.29) is 17.7 Å². The maximum atomic E-state index is 12.6. The second kappa shape index (κ2) is 9.30. The van der Waals surface area contributed by atoms with Crippen molar-refractivity contribution in [2.75, 3.05) is 0 Å². The van der Waals surface area contributed by atoms with Crippen LogP contribution in [0.5, 0.6) is 5.75 Å². The SMILES string of the molecule is C[C@@H](N[P@@](=S)(Oc1cccc2ccccc12)C(C)(C)C)C(=O)OCc1ccccc1.